The summed E-state index contributed by atoms with van der Waals surface area (Å²) in [6.45, 7) is 3.17. The van der Waals surface area contributed by atoms with E-state index in [1.165, 1.54) is 56.3 Å². The Morgan fingerprint density at radius 2 is 1.31 bits per heavy atom. The van der Waals surface area contributed by atoms with Gasteiger partial charge in [-0.15, -0.1) is 0 Å². The Morgan fingerprint density at radius 1 is 0.743 bits per heavy atom. The second-order valence-electron chi connectivity index (χ2n) is 9.09. The minimum Gasteiger partial charge on any atom is -0.474 e. The fourth-order valence-electron chi connectivity index (χ4n) is 4.09. The van der Waals surface area contributed by atoms with Crippen LogP contribution in [0.1, 0.15) is 92.6 Å². The molecule has 2 rings (SSSR count). The van der Waals surface area contributed by atoms with E-state index in [9.17, 15) is 19.5 Å². The predicted octanol–water partition coefficient (Wildman–Crippen LogP) is 5.95. The molecule has 2 amide bonds. The minimum atomic E-state index is -1.49. The summed E-state index contributed by atoms with van der Waals surface area (Å²) >= 11 is 0. The number of amides is 2. The molecule has 190 valence electrons. The second-order valence-corrected chi connectivity index (χ2v) is 9.09. The molecule has 0 heterocycles. The molecule has 0 saturated heterocycles. The summed E-state index contributed by atoms with van der Waals surface area (Å²) in [7, 11) is 0. The molecule has 0 saturated carbocycles. The van der Waals surface area contributed by atoms with Crippen molar-refractivity contribution in [2.45, 2.75) is 84.2 Å². The first-order valence-electron chi connectivity index (χ1n) is 12.9. The smallest absolute Gasteiger partial charge is 0.394 e. The van der Waals surface area contributed by atoms with Gasteiger partial charge in [-0.25, -0.2) is 4.79 Å². The number of unbranched alkanes of at least 4 members (excludes halogenated alkanes) is 9. The number of carbonyl (C=O) groups is 3. The van der Waals surface area contributed by atoms with Crippen molar-refractivity contribution >= 4 is 17.8 Å². The molecule has 0 unspecified atom stereocenters. The van der Waals surface area contributed by atoms with Gasteiger partial charge in [0.05, 0.1) is 0 Å². The van der Waals surface area contributed by atoms with E-state index in [0.29, 0.717) is 17.7 Å². The highest BCUT2D eigenvalue weighted by molar-refractivity contribution is 6.31. The van der Waals surface area contributed by atoms with Crippen molar-refractivity contribution < 1.29 is 19.5 Å². The third-order valence-corrected chi connectivity index (χ3v) is 6.06. The molecular formula is C29H40N2O4. The van der Waals surface area contributed by atoms with E-state index in [1.54, 1.807) is 24.3 Å². The van der Waals surface area contributed by atoms with Crippen LogP contribution in [0.5, 0.6) is 0 Å². The van der Waals surface area contributed by atoms with Crippen LogP contribution < -0.4 is 5.32 Å². The van der Waals surface area contributed by atoms with Gasteiger partial charge in [0, 0.05) is 25.2 Å². The van der Waals surface area contributed by atoms with Gasteiger partial charge in [0.1, 0.15) is 0 Å². The number of hydrogen-bond acceptors (Lipinski definition) is 3. The summed E-state index contributed by atoms with van der Waals surface area (Å²) in [5, 5.41) is 12.2. The Morgan fingerprint density at radius 3 is 1.94 bits per heavy atom. The third-order valence-electron chi connectivity index (χ3n) is 6.06. The van der Waals surface area contributed by atoms with Crippen LogP contribution in [0.3, 0.4) is 0 Å². The van der Waals surface area contributed by atoms with E-state index < -0.39 is 11.9 Å². The molecular weight excluding hydrogens is 440 g/mol. The lowest BCUT2D eigenvalue weighted by Crippen LogP contribution is -2.35. The Balaban J connectivity index is 1.78. The molecule has 2 N–H and O–H groups in total. The van der Waals surface area contributed by atoms with Crippen molar-refractivity contribution in [2.24, 2.45) is 0 Å². The minimum absolute atomic E-state index is 0.111. The molecule has 6 nitrogen and oxygen atoms in total. The number of aliphatic carboxylic acids is 1. The number of hydrogen-bond donors (Lipinski definition) is 2. The van der Waals surface area contributed by atoms with Gasteiger partial charge >= 0.3 is 11.9 Å². The van der Waals surface area contributed by atoms with Gasteiger partial charge in [-0.05, 0) is 29.7 Å². The molecule has 0 aliphatic rings. The third kappa shape index (κ3) is 11.2. The molecule has 6 heteroatoms. The number of carbonyl (C=O) groups excluding carboxylic acids is 2. The average molecular weight is 481 g/mol. The topological polar surface area (TPSA) is 86.7 Å². The highest BCUT2D eigenvalue weighted by atomic mass is 16.4. The zero-order valence-electron chi connectivity index (χ0n) is 21.0. The van der Waals surface area contributed by atoms with Gasteiger partial charge in [0.25, 0.3) is 5.91 Å². The van der Waals surface area contributed by atoms with E-state index in [2.05, 4.69) is 12.2 Å². The van der Waals surface area contributed by atoms with Gasteiger partial charge in [-0.1, -0.05) is 107 Å². The largest absolute Gasteiger partial charge is 0.474 e. The lowest BCUT2D eigenvalue weighted by molar-refractivity contribution is -0.156. The number of nitrogens with zero attached hydrogens (tertiary/aromatic N) is 1. The second kappa shape index (κ2) is 16.5. The van der Waals surface area contributed by atoms with E-state index >= 15 is 0 Å². The first kappa shape index (κ1) is 28.1. The Bertz CT molecular complexity index is 914. The van der Waals surface area contributed by atoms with Crippen LogP contribution in [-0.4, -0.2) is 34.3 Å². The highest BCUT2D eigenvalue weighted by Crippen LogP contribution is 2.13. The first-order chi connectivity index (χ1) is 17.0. The molecule has 0 spiro atoms. The maximum absolute atomic E-state index is 12.6. The van der Waals surface area contributed by atoms with Crippen LogP contribution in [0.15, 0.2) is 54.6 Å². The highest BCUT2D eigenvalue weighted by Gasteiger charge is 2.21. The lowest BCUT2D eigenvalue weighted by atomic mass is 10.1. The number of benzene rings is 2. The summed E-state index contributed by atoms with van der Waals surface area (Å²) in [6, 6.07) is 16.3. The maximum atomic E-state index is 12.6. The molecule has 0 bridgehead atoms. The lowest BCUT2D eigenvalue weighted by Gasteiger charge is -2.21. The van der Waals surface area contributed by atoms with Crippen LogP contribution in [0, 0.1) is 0 Å². The summed E-state index contributed by atoms with van der Waals surface area (Å²) < 4.78 is 0. The molecule has 2 aromatic rings. The van der Waals surface area contributed by atoms with E-state index in [1.807, 2.05) is 30.3 Å². The molecule has 0 aliphatic carbocycles. The summed E-state index contributed by atoms with van der Waals surface area (Å²) in [5.41, 5.74) is 2.06. The van der Waals surface area contributed by atoms with Crippen molar-refractivity contribution in [2.75, 3.05) is 6.54 Å². The van der Waals surface area contributed by atoms with Crippen molar-refractivity contribution in [1.29, 1.82) is 0 Å². The van der Waals surface area contributed by atoms with Crippen molar-refractivity contribution in [1.82, 2.24) is 10.2 Å². The van der Waals surface area contributed by atoms with Gasteiger partial charge in [0.15, 0.2) is 0 Å². The van der Waals surface area contributed by atoms with Crippen LogP contribution in [0.2, 0.25) is 0 Å². The van der Waals surface area contributed by atoms with E-state index in [-0.39, 0.29) is 19.0 Å². The zero-order chi connectivity index (χ0) is 25.3. The fraction of sp³-hybridized carbons (Fsp3) is 0.483. The van der Waals surface area contributed by atoms with Crippen LogP contribution in [-0.2, 0) is 22.7 Å². The Labute approximate surface area is 209 Å². The van der Waals surface area contributed by atoms with Gasteiger partial charge in [-0.3, -0.25) is 9.59 Å². The first-order valence-corrected chi connectivity index (χ1v) is 12.9. The SMILES string of the molecule is CCCCCCCCCCCCNC(=O)c1cccc(CN(Cc2ccccc2)C(=O)C(=O)O)c1. The predicted molar refractivity (Wildman–Crippen MR) is 139 cm³/mol. The molecule has 0 aromatic heterocycles. The van der Waals surface area contributed by atoms with E-state index in [0.717, 1.165) is 18.4 Å². The van der Waals surface area contributed by atoms with E-state index in [4.69, 9.17) is 0 Å². The Hall–Kier alpha value is -3.15. The van der Waals surface area contributed by atoms with Crippen LogP contribution in [0.4, 0.5) is 0 Å². The van der Waals surface area contributed by atoms with Gasteiger partial charge in [-0.2, -0.15) is 0 Å². The fourth-order valence-corrected chi connectivity index (χ4v) is 4.09. The summed E-state index contributed by atoms with van der Waals surface area (Å²) in [5.74, 6) is -2.61. The average Bonchev–Trinajstić information content (AvgIpc) is 2.87. The number of rotatable bonds is 16. The maximum Gasteiger partial charge on any atom is 0.394 e. The molecule has 0 atom stereocenters. The summed E-state index contributed by atoms with van der Waals surface area (Å²) in [6.07, 6.45) is 12.5. The van der Waals surface area contributed by atoms with Gasteiger partial charge in [0.2, 0.25) is 0 Å². The number of nitrogens with one attached hydrogen (secondary N) is 1. The quantitative estimate of drug-likeness (QED) is 0.230. The Kier molecular flexibility index (Phi) is 13.2. The van der Waals surface area contributed by atoms with Crippen molar-refractivity contribution in [3.8, 4) is 0 Å². The summed E-state index contributed by atoms with van der Waals surface area (Å²) in [4.78, 5) is 37.4. The molecule has 2 aromatic carbocycles. The molecule has 0 radical (unpaired) electrons. The number of carboxylic acids is 1. The van der Waals surface area contributed by atoms with Crippen LogP contribution >= 0.6 is 0 Å². The zero-order valence-corrected chi connectivity index (χ0v) is 21.0. The van der Waals surface area contributed by atoms with Crippen LogP contribution in [0.25, 0.3) is 0 Å². The standard InChI is InChI=1S/C29H40N2O4/c1-2-3-4-5-6-7-8-9-10-14-20-30-27(32)26-19-15-18-25(21-26)23-31(28(33)29(34)35)22-24-16-12-11-13-17-24/h11-13,15-19,21H,2-10,14,20,22-23H2,1H3,(H,30,32)(H,34,35). The van der Waals surface area contributed by atoms with Crippen molar-refractivity contribution in [3.63, 3.8) is 0 Å². The molecule has 0 fully saturated rings. The molecule has 0 aliphatic heterocycles. The van der Waals surface area contributed by atoms with Gasteiger partial charge < -0.3 is 15.3 Å². The number of carboxylic acid groups (broad SMARTS) is 1. The normalized spacial score (nSPS) is 10.7. The monoisotopic (exact) mass is 480 g/mol. The molecule has 35 heavy (non-hydrogen) atoms. The van der Waals surface area contributed by atoms with Crippen molar-refractivity contribution in [3.05, 3.63) is 71.3 Å².